The highest BCUT2D eigenvalue weighted by Gasteiger charge is 2.18. The molecule has 1 aromatic carbocycles. The molecule has 1 N–H and O–H groups in total. The van der Waals surface area contributed by atoms with Crippen LogP contribution in [0.1, 0.15) is 30.1 Å². The fraction of sp³-hybridized carbons (Fsp3) is 0.357. The number of fused-ring (bicyclic) bond motifs is 1. The van der Waals surface area contributed by atoms with E-state index in [4.69, 9.17) is 4.74 Å². The standard InChI is InChI=1S/C14H17NO2/c1-3-10(2)9-13(16)11-5-4-6-12-14(11)17-8-7-15-12/h4-6,15H,2-3,7-9H2,1H3. The highest BCUT2D eigenvalue weighted by Crippen LogP contribution is 2.32. The maximum atomic E-state index is 12.1. The molecule has 1 aliphatic heterocycles. The van der Waals surface area contributed by atoms with E-state index in [0.29, 0.717) is 24.3 Å². The van der Waals surface area contributed by atoms with Crippen LogP contribution < -0.4 is 10.1 Å². The Hall–Kier alpha value is -1.77. The predicted octanol–water partition coefficient (Wildman–Crippen LogP) is 3.03. The molecule has 17 heavy (non-hydrogen) atoms. The van der Waals surface area contributed by atoms with Crippen molar-refractivity contribution in [3.05, 3.63) is 35.9 Å². The SMILES string of the molecule is C=C(CC)CC(=O)c1cccc2c1OCCN2. The summed E-state index contributed by atoms with van der Waals surface area (Å²) in [5, 5.41) is 3.23. The molecule has 0 aromatic heterocycles. The third-order valence-corrected chi connectivity index (χ3v) is 2.89. The maximum Gasteiger partial charge on any atom is 0.170 e. The Morgan fingerprint density at radius 3 is 3.12 bits per heavy atom. The van der Waals surface area contributed by atoms with Gasteiger partial charge in [-0.25, -0.2) is 0 Å². The minimum absolute atomic E-state index is 0.0809. The monoisotopic (exact) mass is 231 g/mol. The van der Waals surface area contributed by atoms with Gasteiger partial charge in [0.1, 0.15) is 6.61 Å². The Labute approximate surface area is 101 Å². The van der Waals surface area contributed by atoms with Gasteiger partial charge in [-0.05, 0) is 18.6 Å². The fourth-order valence-electron chi connectivity index (χ4n) is 1.84. The van der Waals surface area contributed by atoms with Gasteiger partial charge in [0.2, 0.25) is 0 Å². The summed E-state index contributed by atoms with van der Waals surface area (Å²) >= 11 is 0. The third-order valence-electron chi connectivity index (χ3n) is 2.89. The normalized spacial score (nSPS) is 13.2. The Balaban J connectivity index is 2.26. The topological polar surface area (TPSA) is 38.3 Å². The molecule has 2 rings (SSSR count). The number of nitrogens with one attached hydrogen (secondary N) is 1. The van der Waals surface area contributed by atoms with E-state index >= 15 is 0 Å². The predicted molar refractivity (Wildman–Crippen MR) is 68.8 cm³/mol. The smallest absolute Gasteiger partial charge is 0.170 e. The first-order valence-electron chi connectivity index (χ1n) is 5.92. The number of ether oxygens (including phenoxy) is 1. The molecule has 0 unspecified atom stereocenters. The summed E-state index contributed by atoms with van der Waals surface area (Å²) in [6, 6.07) is 5.62. The molecule has 0 saturated heterocycles. The molecule has 0 atom stereocenters. The number of anilines is 1. The third kappa shape index (κ3) is 2.49. The lowest BCUT2D eigenvalue weighted by Gasteiger charge is -2.21. The molecule has 3 heteroatoms. The van der Waals surface area contributed by atoms with Crippen molar-refractivity contribution in [3.8, 4) is 5.75 Å². The second-order valence-corrected chi connectivity index (χ2v) is 4.16. The van der Waals surface area contributed by atoms with Crippen LogP contribution in [0.4, 0.5) is 5.69 Å². The van der Waals surface area contributed by atoms with Crippen LogP contribution >= 0.6 is 0 Å². The van der Waals surface area contributed by atoms with Crippen molar-refractivity contribution >= 4 is 11.5 Å². The molecule has 0 bridgehead atoms. The molecule has 3 nitrogen and oxygen atoms in total. The van der Waals surface area contributed by atoms with E-state index in [1.165, 1.54) is 0 Å². The highest BCUT2D eigenvalue weighted by molar-refractivity contribution is 6.01. The number of hydrogen-bond acceptors (Lipinski definition) is 3. The lowest BCUT2D eigenvalue weighted by atomic mass is 10.0. The van der Waals surface area contributed by atoms with Crippen molar-refractivity contribution in [2.24, 2.45) is 0 Å². The number of ketones is 1. The van der Waals surface area contributed by atoms with Crippen LogP contribution in [-0.2, 0) is 0 Å². The number of para-hydroxylation sites is 1. The van der Waals surface area contributed by atoms with E-state index in [9.17, 15) is 4.79 Å². The van der Waals surface area contributed by atoms with Crippen LogP contribution in [0, 0.1) is 0 Å². The van der Waals surface area contributed by atoms with E-state index in [2.05, 4.69) is 11.9 Å². The van der Waals surface area contributed by atoms with Gasteiger partial charge in [-0.3, -0.25) is 4.79 Å². The van der Waals surface area contributed by atoms with Crippen molar-refractivity contribution in [2.75, 3.05) is 18.5 Å². The maximum absolute atomic E-state index is 12.1. The summed E-state index contributed by atoms with van der Waals surface area (Å²) in [5.41, 5.74) is 2.52. The van der Waals surface area contributed by atoms with Gasteiger partial charge >= 0.3 is 0 Å². The van der Waals surface area contributed by atoms with Gasteiger partial charge in [-0.2, -0.15) is 0 Å². The first-order chi connectivity index (χ1) is 8.22. The Morgan fingerprint density at radius 2 is 2.35 bits per heavy atom. The molecule has 90 valence electrons. The zero-order valence-corrected chi connectivity index (χ0v) is 10.1. The lowest BCUT2D eigenvalue weighted by molar-refractivity contribution is 0.0988. The summed E-state index contributed by atoms with van der Waals surface area (Å²) in [7, 11) is 0. The van der Waals surface area contributed by atoms with E-state index in [1.807, 2.05) is 25.1 Å². The van der Waals surface area contributed by atoms with Crippen LogP contribution in [0.15, 0.2) is 30.4 Å². The number of benzene rings is 1. The van der Waals surface area contributed by atoms with Gasteiger partial charge in [-0.15, -0.1) is 0 Å². The number of rotatable bonds is 4. The van der Waals surface area contributed by atoms with E-state index in [0.717, 1.165) is 24.2 Å². The first-order valence-corrected chi connectivity index (χ1v) is 5.92. The Kier molecular flexibility index (Phi) is 3.47. The van der Waals surface area contributed by atoms with Gasteiger partial charge in [-0.1, -0.05) is 25.1 Å². The number of carbonyl (C=O) groups excluding carboxylic acids is 1. The molecule has 0 radical (unpaired) electrons. The lowest BCUT2D eigenvalue weighted by Crippen LogP contribution is -2.20. The van der Waals surface area contributed by atoms with Crippen LogP contribution in [0.25, 0.3) is 0 Å². The van der Waals surface area contributed by atoms with Gasteiger partial charge in [0.05, 0.1) is 11.3 Å². The summed E-state index contributed by atoms with van der Waals surface area (Å²) in [6.45, 7) is 7.27. The summed E-state index contributed by atoms with van der Waals surface area (Å²) in [5.74, 6) is 0.769. The Bertz CT molecular complexity index is 452. The molecule has 0 spiro atoms. The average Bonchev–Trinajstić information content (AvgIpc) is 2.37. The van der Waals surface area contributed by atoms with Gasteiger partial charge < -0.3 is 10.1 Å². The van der Waals surface area contributed by atoms with Gasteiger partial charge in [0.15, 0.2) is 11.5 Å². The van der Waals surface area contributed by atoms with Gasteiger partial charge in [0.25, 0.3) is 0 Å². The largest absolute Gasteiger partial charge is 0.489 e. The minimum Gasteiger partial charge on any atom is -0.489 e. The van der Waals surface area contributed by atoms with E-state index < -0.39 is 0 Å². The second kappa shape index (κ2) is 5.04. The van der Waals surface area contributed by atoms with Crippen molar-refractivity contribution < 1.29 is 9.53 Å². The molecule has 1 heterocycles. The first kappa shape index (κ1) is 11.7. The fourth-order valence-corrected chi connectivity index (χ4v) is 1.84. The number of Topliss-reactive ketones (excluding diaryl/α,β-unsaturated/α-hetero) is 1. The summed E-state index contributed by atoms with van der Waals surface area (Å²) < 4.78 is 5.58. The quantitative estimate of drug-likeness (QED) is 0.639. The molecule has 0 aliphatic carbocycles. The van der Waals surface area contributed by atoms with Crippen molar-refractivity contribution in [1.29, 1.82) is 0 Å². The molecule has 0 saturated carbocycles. The number of allylic oxidation sites excluding steroid dienone is 1. The second-order valence-electron chi connectivity index (χ2n) is 4.16. The van der Waals surface area contributed by atoms with Crippen molar-refractivity contribution in [1.82, 2.24) is 0 Å². The van der Waals surface area contributed by atoms with Crippen LogP contribution in [0.3, 0.4) is 0 Å². The van der Waals surface area contributed by atoms with Crippen LogP contribution in [-0.4, -0.2) is 18.9 Å². The van der Waals surface area contributed by atoms with Crippen LogP contribution in [0.5, 0.6) is 5.75 Å². The minimum atomic E-state index is 0.0809. The van der Waals surface area contributed by atoms with E-state index in [1.54, 1.807) is 0 Å². The molecular weight excluding hydrogens is 214 g/mol. The summed E-state index contributed by atoms with van der Waals surface area (Å²) in [4.78, 5) is 12.1. The number of carbonyl (C=O) groups is 1. The Morgan fingerprint density at radius 1 is 1.53 bits per heavy atom. The number of hydrogen-bond donors (Lipinski definition) is 1. The van der Waals surface area contributed by atoms with E-state index in [-0.39, 0.29) is 5.78 Å². The average molecular weight is 231 g/mol. The van der Waals surface area contributed by atoms with Crippen LogP contribution in [0.2, 0.25) is 0 Å². The molecule has 0 fully saturated rings. The zero-order chi connectivity index (χ0) is 12.3. The highest BCUT2D eigenvalue weighted by atomic mass is 16.5. The molecule has 1 aromatic rings. The summed E-state index contributed by atoms with van der Waals surface area (Å²) in [6.07, 6.45) is 1.23. The molecule has 1 aliphatic rings. The van der Waals surface area contributed by atoms with Crippen molar-refractivity contribution in [3.63, 3.8) is 0 Å². The molecule has 0 amide bonds. The molecular formula is C14H17NO2. The van der Waals surface area contributed by atoms with Gasteiger partial charge in [0, 0.05) is 13.0 Å². The van der Waals surface area contributed by atoms with Crippen molar-refractivity contribution in [2.45, 2.75) is 19.8 Å². The zero-order valence-electron chi connectivity index (χ0n) is 10.1.